The Morgan fingerprint density at radius 2 is 1.88 bits per heavy atom. The highest BCUT2D eigenvalue weighted by Gasteiger charge is 2.33. The highest BCUT2D eigenvalue weighted by atomic mass is 79.9. The number of alkyl halides is 3. The fraction of sp³-hybridized carbons (Fsp3) is 0.286. The molecule has 0 saturated heterocycles. The number of rotatable bonds is 4. The number of hydrogen-bond acceptors (Lipinski definition) is 4. The number of ether oxygens (including phenoxy) is 2. The van der Waals surface area contributed by atoms with E-state index in [2.05, 4.69) is 21.0 Å². The van der Waals surface area contributed by atoms with Crippen LogP contribution in [-0.2, 0) is 10.9 Å². The predicted octanol–water partition coefficient (Wildman–Crippen LogP) is 5.15. The van der Waals surface area contributed by atoms with E-state index in [0.29, 0.717) is 12.1 Å². The summed E-state index contributed by atoms with van der Waals surface area (Å²) in [4.78, 5) is 12.0. The third kappa shape index (κ3) is 3.88. The molecule has 136 valence electrons. The van der Waals surface area contributed by atoms with E-state index < -0.39 is 17.7 Å². The number of halogens is 6. The zero-order valence-electron chi connectivity index (χ0n) is 12.7. The van der Waals surface area contributed by atoms with Gasteiger partial charge in [0.15, 0.2) is 10.4 Å². The molecule has 0 spiro atoms. The summed E-state index contributed by atoms with van der Waals surface area (Å²) in [5.74, 6) is -0.733. The van der Waals surface area contributed by atoms with E-state index in [9.17, 15) is 18.0 Å². The first-order valence-electron chi connectivity index (χ1n) is 6.68. The van der Waals surface area contributed by atoms with Crippen LogP contribution in [0, 0.1) is 0 Å². The van der Waals surface area contributed by atoms with Gasteiger partial charge in [-0.05, 0) is 35.0 Å². The second-order valence-electron chi connectivity index (χ2n) is 4.59. The van der Waals surface area contributed by atoms with Gasteiger partial charge in [-0.3, -0.25) is 0 Å². The Hall–Kier alpha value is -1.45. The Morgan fingerprint density at radius 1 is 1.32 bits per heavy atom. The monoisotopic (exact) mass is 460 g/mol. The van der Waals surface area contributed by atoms with Gasteiger partial charge >= 0.3 is 12.1 Å². The summed E-state index contributed by atoms with van der Waals surface area (Å²) < 4.78 is 49.7. The number of hydrogen-bond donors (Lipinski definition) is 0. The van der Waals surface area contributed by atoms with E-state index in [1.165, 1.54) is 7.11 Å². The average molecular weight is 462 g/mol. The van der Waals surface area contributed by atoms with Gasteiger partial charge in [0.1, 0.15) is 5.69 Å². The number of esters is 1. The van der Waals surface area contributed by atoms with Gasteiger partial charge in [0.05, 0.1) is 29.3 Å². The Kier molecular flexibility index (Phi) is 5.90. The third-order valence-electron chi connectivity index (χ3n) is 3.02. The summed E-state index contributed by atoms with van der Waals surface area (Å²) in [7, 11) is 1.30. The summed E-state index contributed by atoms with van der Waals surface area (Å²) in [6.07, 6.45) is -4.61. The maximum atomic E-state index is 12.8. The van der Waals surface area contributed by atoms with Crippen molar-refractivity contribution in [1.82, 2.24) is 9.78 Å². The van der Waals surface area contributed by atoms with E-state index in [1.807, 2.05) is 0 Å². The highest BCUT2D eigenvalue weighted by Crippen LogP contribution is 2.40. The van der Waals surface area contributed by atoms with E-state index in [4.69, 9.17) is 32.7 Å². The molecule has 0 aliphatic heterocycles. The Morgan fingerprint density at radius 3 is 2.32 bits per heavy atom. The summed E-state index contributed by atoms with van der Waals surface area (Å²) in [5.41, 5.74) is -1.23. The number of methoxy groups -OCH3 is 1. The lowest BCUT2D eigenvalue weighted by molar-refractivity contribution is -0.137. The van der Waals surface area contributed by atoms with Crippen LogP contribution in [0.3, 0.4) is 0 Å². The molecule has 0 amide bonds. The van der Waals surface area contributed by atoms with Crippen LogP contribution in [0.15, 0.2) is 16.7 Å². The Labute approximate surface area is 158 Å². The first-order chi connectivity index (χ1) is 11.6. The van der Waals surface area contributed by atoms with Crippen LogP contribution in [0.25, 0.3) is 5.69 Å². The van der Waals surface area contributed by atoms with Crippen molar-refractivity contribution in [2.24, 2.45) is 0 Å². The van der Waals surface area contributed by atoms with Gasteiger partial charge in [0, 0.05) is 0 Å². The molecule has 1 heterocycles. The summed E-state index contributed by atoms with van der Waals surface area (Å²) in [6.45, 7) is 1.72. The number of benzene rings is 1. The van der Waals surface area contributed by atoms with Crippen molar-refractivity contribution in [3.05, 3.63) is 38.0 Å². The molecule has 0 N–H and O–H groups in total. The molecule has 0 unspecified atom stereocenters. The largest absolute Gasteiger partial charge is 0.491 e. The minimum absolute atomic E-state index is 0.0329. The molecule has 0 aliphatic carbocycles. The molecular weight excluding hydrogens is 452 g/mol. The van der Waals surface area contributed by atoms with Gasteiger partial charge in [0.25, 0.3) is 0 Å². The molecule has 0 aliphatic rings. The number of nitrogens with zero attached hydrogens (tertiary/aromatic N) is 2. The van der Waals surface area contributed by atoms with Crippen molar-refractivity contribution >= 4 is 45.1 Å². The van der Waals surface area contributed by atoms with E-state index >= 15 is 0 Å². The van der Waals surface area contributed by atoms with Gasteiger partial charge in [-0.25, -0.2) is 9.48 Å². The van der Waals surface area contributed by atoms with Crippen LogP contribution in [-0.4, -0.2) is 29.5 Å². The first-order valence-corrected chi connectivity index (χ1v) is 8.22. The fourth-order valence-corrected chi connectivity index (χ4v) is 3.23. The number of carbonyl (C=O) groups excluding carboxylic acids is 1. The standard InChI is InChI=1S/C14H10BrCl2F3N2O3/c1-3-25-13(23)9-11(24-2)12(15)22(21-9)10-7(16)4-6(5-8(10)17)14(18,19)20/h4-5H,3H2,1-2H3. The Balaban J connectivity index is 2.65. The quantitative estimate of drug-likeness (QED) is 0.591. The van der Waals surface area contributed by atoms with Crippen molar-refractivity contribution in [1.29, 1.82) is 0 Å². The molecule has 0 bridgehead atoms. The van der Waals surface area contributed by atoms with E-state index in [0.717, 1.165) is 4.68 Å². The molecule has 1 aromatic carbocycles. The number of carbonyl (C=O) groups is 1. The minimum Gasteiger partial charge on any atom is -0.491 e. The molecule has 0 fully saturated rings. The fourth-order valence-electron chi connectivity index (χ4n) is 1.98. The van der Waals surface area contributed by atoms with Gasteiger partial charge in [-0.1, -0.05) is 23.2 Å². The average Bonchev–Trinajstić information content (AvgIpc) is 2.83. The topological polar surface area (TPSA) is 53.3 Å². The molecule has 2 aromatic rings. The molecule has 1 aromatic heterocycles. The maximum Gasteiger partial charge on any atom is 0.416 e. The van der Waals surface area contributed by atoms with E-state index in [1.54, 1.807) is 6.92 Å². The van der Waals surface area contributed by atoms with Gasteiger partial charge in [-0.15, -0.1) is 0 Å². The third-order valence-corrected chi connectivity index (χ3v) is 4.29. The second kappa shape index (κ2) is 7.43. The molecular formula is C14H10BrCl2F3N2O3. The maximum absolute atomic E-state index is 12.8. The molecule has 11 heteroatoms. The van der Waals surface area contributed by atoms with Crippen molar-refractivity contribution in [2.75, 3.05) is 13.7 Å². The van der Waals surface area contributed by atoms with Crippen molar-refractivity contribution in [3.63, 3.8) is 0 Å². The summed E-state index contributed by atoms with van der Waals surface area (Å²) in [5, 5.41) is 3.39. The lowest BCUT2D eigenvalue weighted by Crippen LogP contribution is -2.09. The van der Waals surface area contributed by atoms with Crippen LogP contribution in [0.5, 0.6) is 5.75 Å². The van der Waals surface area contributed by atoms with Crippen LogP contribution in [0.2, 0.25) is 10.0 Å². The summed E-state index contributed by atoms with van der Waals surface area (Å²) >= 11 is 15.1. The van der Waals surface area contributed by atoms with Gasteiger partial charge < -0.3 is 9.47 Å². The zero-order valence-corrected chi connectivity index (χ0v) is 15.8. The predicted molar refractivity (Wildman–Crippen MR) is 88.8 cm³/mol. The van der Waals surface area contributed by atoms with Gasteiger partial charge in [0.2, 0.25) is 5.69 Å². The van der Waals surface area contributed by atoms with Crippen LogP contribution < -0.4 is 4.74 Å². The van der Waals surface area contributed by atoms with E-state index in [-0.39, 0.29) is 38.4 Å². The van der Waals surface area contributed by atoms with Crippen LogP contribution in [0.4, 0.5) is 13.2 Å². The van der Waals surface area contributed by atoms with Crippen LogP contribution >= 0.6 is 39.1 Å². The molecule has 0 atom stereocenters. The first kappa shape index (κ1) is 19.9. The lowest BCUT2D eigenvalue weighted by atomic mass is 10.2. The zero-order chi connectivity index (χ0) is 18.9. The Bertz CT molecular complexity index is 801. The second-order valence-corrected chi connectivity index (χ2v) is 6.16. The van der Waals surface area contributed by atoms with Crippen molar-refractivity contribution in [3.8, 4) is 11.4 Å². The minimum atomic E-state index is -4.61. The normalized spacial score (nSPS) is 11.5. The smallest absolute Gasteiger partial charge is 0.416 e. The highest BCUT2D eigenvalue weighted by molar-refractivity contribution is 9.10. The van der Waals surface area contributed by atoms with Crippen molar-refractivity contribution < 1.29 is 27.4 Å². The molecule has 0 saturated carbocycles. The van der Waals surface area contributed by atoms with Crippen LogP contribution in [0.1, 0.15) is 23.0 Å². The number of aromatic nitrogens is 2. The molecule has 2 rings (SSSR count). The van der Waals surface area contributed by atoms with Crippen molar-refractivity contribution in [2.45, 2.75) is 13.1 Å². The SMILES string of the molecule is CCOC(=O)c1nn(-c2c(Cl)cc(C(F)(F)F)cc2Cl)c(Br)c1OC. The molecule has 25 heavy (non-hydrogen) atoms. The van der Waals surface area contributed by atoms with Gasteiger partial charge in [-0.2, -0.15) is 18.3 Å². The molecule has 5 nitrogen and oxygen atoms in total. The lowest BCUT2D eigenvalue weighted by Gasteiger charge is -2.13. The summed E-state index contributed by atoms with van der Waals surface area (Å²) in [6, 6.07) is 1.43. The molecule has 0 radical (unpaired) electrons.